The standard InChI is InChI=1S/C17H23N3O4/c1-10(2)8-14(16(22)23)18-15(21)5-3-4-11-6-7-12-13(9-11)20-17(24)19-12/h6-7,9-10,14H,3-5,8H2,1-2H3,(H,18,21)(H,22,23)(H2,19,20,24). The topological polar surface area (TPSA) is 115 Å². The summed E-state index contributed by atoms with van der Waals surface area (Å²) in [5.74, 6) is -1.06. The Morgan fingerprint density at radius 3 is 2.58 bits per heavy atom. The number of aliphatic carboxylic acids is 1. The van der Waals surface area contributed by atoms with E-state index < -0.39 is 12.0 Å². The third-order valence-electron chi connectivity index (χ3n) is 3.79. The Morgan fingerprint density at radius 1 is 1.21 bits per heavy atom. The maximum Gasteiger partial charge on any atom is 0.326 e. The van der Waals surface area contributed by atoms with Crippen LogP contribution in [-0.4, -0.2) is 33.0 Å². The highest BCUT2D eigenvalue weighted by Crippen LogP contribution is 2.13. The minimum absolute atomic E-state index is 0.196. The number of benzene rings is 1. The number of H-pyrrole nitrogens is 2. The molecule has 130 valence electrons. The fourth-order valence-electron chi connectivity index (χ4n) is 2.65. The Morgan fingerprint density at radius 2 is 1.92 bits per heavy atom. The molecule has 1 aromatic heterocycles. The lowest BCUT2D eigenvalue weighted by atomic mass is 10.0. The first-order valence-corrected chi connectivity index (χ1v) is 8.08. The van der Waals surface area contributed by atoms with Gasteiger partial charge in [0, 0.05) is 6.42 Å². The summed E-state index contributed by atoms with van der Waals surface area (Å²) in [7, 11) is 0. The minimum atomic E-state index is -1.00. The van der Waals surface area contributed by atoms with Crippen LogP contribution in [0.5, 0.6) is 0 Å². The van der Waals surface area contributed by atoms with Gasteiger partial charge in [-0.1, -0.05) is 19.9 Å². The number of aromatic amines is 2. The third-order valence-corrected chi connectivity index (χ3v) is 3.79. The molecular formula is C17H23N3O4. The first-order valence-electron chi connectivity index (χ1n) is 8.08. The molecule has 1 heterocycles. The molecule has 0 aliphatic carbocycles. The summed E-state index contributed by atoms with van der Waals surface area (Å²) in [6.45, 7) is 3.84. The van der Waals surface area contributed by atoms with E-state index in [1.807, 2.05) is 32.0 Å². The molecular weight excluding hydrogens is 310 g/mol. The molecule has 0 aliphatic heterocycles. The molecule has 4 N–H and O–H groups in total. The number of carboxylic acids is 1. The molecule has 0 saturated carbocycles. The van der Waals surface area contributed by atoms with Crippen LogP contribution in [0.3, 0.4) is 0 Å². The van der Waals surface area contributed by atoms with Crippen LogP contribution in [0.1, 0.15) is 38.7 Å². The van der Waals surface area contributed by atoms with Crippen molar-refractivity contribution < 1.29 is 14.7 Å². The van der Waals surface area contributed by atoms with Gasteiger partial charge in [0.05, 0.1) is 11.0 Å². The molecule has 0 radical (unpaired) electrons. The van der Waals surface area contributed by atoms with Crippen molar-refractivity contribution in [2.24, 2.45) is 5.92 Å². The number of carbonyl (C=O) groups is 2. The van der Waals surface area contributed by atoms with Crippen LogP contribution in [0.15, 0.2) is 23.0 Å². The summed E-state index contributed by atoms with van der Waals surface area (Å²) in [5.41, 5.74) is 2.26. The molecule has 0 fully saturated rings. The van der Waals surface area contributed by atoms with E-state index in [9.17, 15) is 14.4 Å². The lowest BCUT2D eigenvalue weighted by Crippen LogP contribution is -2.41. The van der Waals surface area contributed by atoms with E-state index in [2.05, 4.69) is 15.3 Å². The Labute approximate surface area is 139 Å². The summed E-state index contributed by atoms with van der Waals surface area (Å²) >= 11 is 0. The van der Waals surface area contributed by atoms with Crippen LogP contribution in [0.4, 0.5) is 0 Å². The molecule has 24 heavy (non-hydrogen) atoms. The molecule has 1 amide bonds. The average Bonchev–Trinajstić information content (AvgIpc) is 2.85. The number of hydrogen-bond donors (Lipinski definition) is 4. The number of aromatic nitrogens is 2. The number of carboxylic acid groups (broad SMARTS) is 1. The van der Waals surface area contributed by atoms with Crippen LogP contribution in [0, 0.1) is 5.92 Å². The van der Waals surface area contributed by atoms with Gasteiger partial charge in [-0.05, 0) is 42.9 Å². The summed E-state index contributed by atoms with van der Waals surface area (Å²) in [6.07, 6.45) is 1.97. The van der Waals surface area contributed by atoms with Gasteiger partial charge in [-0.15, -0.1) is 0 Å². The largest absolute Gasteiger partial charge is 0.480 e. The van der Waals surface area contributed by atoms with Crippen LogP contribution >= 0.6 is 0 Å². The Bertz CT molecular complexity index is 775. The summed E-state index contributed by atoms with van der Waals surface area (Å²) in [4.78, 5) is 39.7. The van der Waals surface area contributed by atoms with Crippen molar-refractivity contribution in [2.75, 3.05) is 0 Å². The van der Waals surface area contributed by atoms with Crippen molar-refractivity contribution >= 4 is 22.9 Å². The average molecular weight is 333 g/mol. The molecule has 7 nitrogen and oxygen atoms in total. The quantitative estimate of drug-likeness (QED) is 0.589. The monoisotopic (exact) mass is 333 g/mol. The molecule has 7 heteroatoms. The molecule has 2 aromatic rings. The molecule has 1 aromatic carbocycles. The summed E-state index contributed by atoms with van der Waals surface area (Å²) < 4.78 is 0. The third kappa shape index (κ3) is 4.97. The van der Waals surface area contributed by atoms with Gasteiger partial charge in [0.25, 0.3) is 0 Å². The number of imidazole rings is 1. The van der Waals surface area contributed by atoms with Crippen LogP contribution in [0.25, 0.3) is 11.0 Å². The Hall–Kier alpha value is -2.57. The minimum Gasteiger partial charge on any atom is -0.480 e. The number of hydrogen-bond acceptors (Lipinski definition) is 3. The van der Waals surface area contributed by atoms with Crippen LogP contribution in [0.2, 0.25) is 0 Å². The first-order chi connectivity index (χ1) is 11.3. The predicted octanol–water partition coefficient (Wildman–Crippen LogP) is 1.79. The fraction of sp³-hybridized carbons (Fsp3) is 0.471. The SMILES string of the molecule is CC(C)CC(NC(=O)CCCc1ccc2[nH]c(=O)[nH]c2c1)C(=O)O. The number of amides is 1. The van der Waals surface area contributed by atoms with Gasteiger partial charge in [-0.3, -0.25) is 4.79 Å². The van der Waals surface area contributed by atoms with E-state index in [4.69, 9.17) is 5.11 Å². The van der Waals surface area contributed by atoms with Crippen molar-refractivity contribution in [3.8, 4) is 0 Å². The maximum atomic E-state index is 11.9. The predicted molar refractivity (Wildman–Crippen MR) is 90.9 cm³/mol. The number of fused-ring (bicyclic) bond motifs is 1. The first kappa shape index (κ1) is 17.8. The normalized spacial score (nSPS) is 12.5. The zero-order valence-corrected chi connectivity index (χ0v) is 13.9. The smallest absolute Gasteiger partial charge is 0.326 e. The van der Waals surface area contributed by atoms with Gasteiger partial charge in [0.2, 0.25) is 5.91 Å². The zero-order valence-electron chi connectivity index (χ0n) is 13.9. The number of aryl methyl sites for hydroxylation is 1. The number of rotatable bonds is 8. The summed E-state index contributed by atoms with van der Waals surface area (Å²) in [6, 6.07) is 4.78. The van der Waals surface area contributed by atoms with Crippen molar-refractivity contribution in [1.29, 1.82) is 0 Å². The fourth-order valence-corrected chi connectivity index (χ4v) is 2.65. The second kappa shape index (κ2) is 7.81. The lowest BCUT2D eigenvalue weighted by Gasteiger charge is -2.16. The molecule has 1 unspecified atom stereocenters. The highest BCUT2D eigenvalue weighted by molar-refractivity contribution is 5.83. The van der Waals surface area contributed by atoms with Gasteiger partial charge in [-0.25, -0.2) is 9.59 Å². The van der Waals surface area contributed by atoms with Crippen molar-refractivity contribution in [2.45, 2.75) is 45.6 Å². The highest BCUT2D eigenvalue weighted by Gasteiger charge is 2.20. The Balaban J connectivity index is 1.84. The van der Waals surface area contributed by atoms with Gasteiger partial charge >= 0.3 is 11.7 Å². The highest BCUT2D eigenvalue weighted by atomic mass is 16.4. The van der Waals surface area contributed by atoms with E-state index in [0.717, 1.165) is 16.6 Å². The summed E-state index contributed by atoms with van der Waals surface area (Å²) in [5, 5.41) is 11.7. The second-order valence-corrected chi connectivity index (χ2v) is 6.40. The van der Waals surface area contributed by atoms with Crippen molar-refractivity contribution in [3.05, 3.63) is 34.2 Å². The molecule has 2 rings (SSSR count). The van der Waals surface area contributed by atoms with Crippen LogP contribution in [-0.2, 0) is 16.0 Å². The van der Waals surface area contributed by atoms with Gasteiger partial charge in [0.15, 0.2) is 0 Å². The number of nitrogens with one attached hydrogen (secondary N) is 3. The molecule has 0 bridgehead atoms. The van der Waals surface area contributed by atoms with Gasteiger partial charge in [0.1, 0.15) is 6.04 Å². The van der Waals surface area contributed by atoms with Crippen LogP contribution < -0.4 is 11.0 Å². The van der Waals surface area contributed by atoms with Gasteiger partial charge in [-0.2, -0.15) is 0 Å². The van der Waals surface area contributed by atoms with E-state index in [1.54, 1.807) is 0 Å². The Kier molecular flexibility index (Phi) is 5.78. The molecule has 0 saturated heterocycles. The van der Waals surface area contributed by atoms with E-state index in [0.29, 0.717) is 19.3 Å². The molecule has 1 atom stereocenters. The molecule has 0 spiro atoms. The van der Waals surface area contributed by atoms with Crippen molar-refractivity contribution in [3.63, 3.8) is 0 Å². The zero-order chi connectivity index (χ0) is 17.7. The van der Waals surface area contributed by atoms with E-state index in [-0.39, 0.29) is 23.9 Å². The maximum absolute atomic E-state index is 11.9. The van der Waals surface area contributed by atoms with Crippen molar-refractivity contribution in [1.82, 2.24) is 15.3 Å². The van der Waals surface area contributed by atoms with E-state index >= 15 is 0 Å². The second-order valence-electron chi connectivity index (χ2n) is 6.40. The lowest BCUT2D eigenvalue weighted by molar-refractivity contribution is -0.142. The number of carbonyl (C=O) groups excluding carboxylic acids is 1. The van der Waals surface area contributed by atoms with E-state index in [1.165, 1.54) is 0 Å². The molecule has 0 aliphatic rings. The van der Waals surface area contributed by atoms with Gasteiger partial charge < -0.3 is 20.4 Å².